The number of para-hydroxylation sites is 2. The normalized spacial score (nSPS) is 13.0. The maximum absolute atomic E-state index is 14.2. The van der Waals surface area contributed by atoms with Crippen LogP contribution in [0.2, 0.25) is 0 Å². The Hall–Kier alpha value is -5.58. The lowest BCUT2D eigenvalue weighted by molar-refractivity contribution is -0.149. The van der Waals surface area contributed by atoms with Gasteiger partial charge in [-0.15, -0.1) is 0 Å². The maximum atomic E-state index is 14.2. The van der Waals surface area contributed by atoms with Gasteiger partial charge >= 0.3 is 12.1 Å². The highest BCUT2D eigenvalue weighted by Crippen LogP contribution is 2.22. The number of carbonyl (C=O) groups excluding carboxylic acids is 4. The standard InChI is InChI=1S/C38H43N5O6/c1-37(2,3)49-36(47)43-38(4,5)35(46)42-31(19-25-21-39-29-17-11-9-15-27(25)29)33(44)41-32(34(45)48-23-24-13-7-6-8-14-24)20-26-22-40-30-18-12-10-16-28(26)30/h6-18,21-22,31-32,39-40H,19-20,23H2,1-5H3,(H,41,44)(H,42,46)(H,43,47)/t31-,32-/m1/s1. The number of nitrogens with one attached hydrogen (secondary N) is 5. The molecule has 0 aliphatic heterocycles. The molecule has 0 unspecified atom stereocenters. The smallest absolute Gasteiger partial charge is 0.408 e. The van der Waals surface area contributed by atoms with Gasteiger partial charge in [0.15, 0.2) is 0 Å². The van der Waals surface area contributed by atoms with Crippen molar-refractivity contribution in [3.8, 4) is 0 Å². The average molecular weight is 666 g/mol. The summed E-state index contributed by atoms with van der Waals surface area (Å²) >= 11 is 0. The number of aromatic amines is 2. The Morgan fingerprint density at radius 3 is 1.80 bits per heavy atom. The first-order valence-corrected chi connectivity index (χ1v) is 16.2. The number of amides is 3. The van der Waals surface area contributed by atoms with Crippen molar-refractivity contribution in [3.05, 3.63) is 108 Å². The highest BCUT2D eigenvalue weighted by atomic mass is 16.6. The van der Waals surface area contributed by atoms with Gasteiger partial charge in [0.1, 0.15) is 29.8 Å². The lowest BCUT2D eigenvalue weighted by Gasteiger charge is -2.30. The Morgan fingerprint density at radius 2 is 1.22 bits per heavy atom. The van der Waals surface area contributed by atoms with E-state index in [9.17, 15) is 19.2 Å². The SMILES string of the molecule is CC(C)(C)OC(=O)NC(C)(C)C(=O)N[C@H](Cc1c[nH]c2ccccc12)C(=O)N[C@H](Cc1c[nH]c2ccccc12)C(=O)OCc1ccccc1. The minimum Gasteiger partial charge on any atom is -0.459 e. The molecule has 0 saturated carbocycles. The van der Waals surface area contributed by atoms with Crippen LogP contribution in [0.1, 0.15) is 51.3 Å². The number of aromatic nitrogens is 2. The molecule has 49 heavy (non-hydrogen) atoms. The van der Waals surface area contributed by atoms with Crippen molar-refractivity contribution in [1.29, 1.82) is 0 Å². The molecular formula is C38H43N5O6. The predicted octanol–water partition coefficient (Wildman–Crippen LogP) is 5.45. The summed E-state index contributed by atoms with van der Waals surface area (Å²) in [5.41, 5.74) is 1.95. The molecule has 5 aromatic rings. The topological polar surface area (TPSA) is 154 Å². The molecule has 256 valence electrons. The molecule has 3 amide bonds. The zero-order valence-electron chi connectivity index (χ0n) is 28.4. The van der Waals surface area contributed by atoms with Crippen molar-refractivity contribution in [3.63, 3.8) is 0 Å². The van der Waals surface area contributed by atoms with Gasteiger partial charge in [-0.3, -0.25) is 9.59 Å². The summed E-state index contributed by atoms with van der Waals surface area (Å²) in [6.45, 7) is 8.23. The summed E-state index contributed by atoms with van der Waals surface area (Å²) < 4.78 is 11.1. The molecule has 0 bridgehead atoms. The molecule has 3 aromatic carbocycles. The second-order valence-corrected chi connectivity index (χ2v) is 13.6. The van der Waals surface area contributed by atoms with E-state index in [4.69, 9.17) is 9.47 Å². The second-order valence-electron chi connectivity index (χ2n) is 13.6. The molecule has 5 N–H and O–H groups in total. The molecule has 0 radical (unpaired) electrons. The molecule has 2 atom stereocenters. The fourth-order valence-corrected chi connectivity index (χ4v) is 5.50. The van der Waals surface area contributed by atoms with Crippen LogP contribution in [0, 0.1) is 0 Å². The third kappa shape index (κ3) is 9.07. The van der Waals surface area contributed by atoms with E-state index in [1.165, 1.54) is 13.8 Å². The maximum Gasteiger partial charge on any atom is 0.408 e. The predicted molar refractivity (Wildman–Crippen MR) is 188 cm³/mol. The number of carbonyl (C=O) groups is 4. The molecule has 0 spiro atoms. The monoisotopic (exact) mass is 665 g/mol. The van der Waals surface area contributed by atoms with E-state index in [1.807, 2.05) is 85.1 Å². The lowest BCUT2D eigenvalue weighted by atomic mass is 9.99. The Morgan fingerprint density at radius 1 is 0.694 bits per heavy atom. The molecule has 0 fully saturated rings. The van der Waals surface area contributed by atoms with E-state index >= 15 is 0 Å². The Kier molecular flexibility index (Phi) is 10.4. The number of alkyl carbamates (subject to hydrolysis) is 1. The van der Waals surface area contributed by atoms with Crippen LogP contribution >= 0.6 is 0 Å². The first-order valence-electron chi connectivity index (χ1n) is 16.2. The van der Waals surface area contributed by atoms with Gasteiger partial charge in [-0.05, 0) is 63.4 Å². The Bertz CT molecular complexity index is 1940. The number of hydrogen-bond acceptors (Lipinski definition) is 6. The van der Waals surface area contributed by atoms with Gasteiger partial charge in [-0.2, -0.15) is 0 Å². The van der Waals surface area contributed by atoms with E-state index < -0.39 is 47.1 Å². The summed E-state index contributed by atoms with van der Waals surface area (Å²) in [5, 5.41) is 10.1. The minimum absolute atomic E-state index is 0.0277. The highest BCUT2D eigenvalue weighted by molar-refractivity contribution is 5.96. The van der Waals surface area contributed by atoms with Crippen LogP contribution < -0.4 is 16.0 Å². The molecule has 0 saturated heterocycles. The zero-order chi connectivity index (χ0) is 35.2. The summed E-state index contributed by atoms with van der Waals surface area (Å²) in [4.78, 5) is 60.5. The van der Waals surface area contributed by atoms with Crippen molar-refractivity contribution in [1.82, 2.24) is 25.9 Å². The first-order chi connectivity index (χ1) is 23.3. The number of ether oxygens (including phenoxy) is 2. The number of rotatable bonds is 12. The molecule has 11 nitrogen and oxygen atoms in total. The van der Waals surface area contributed by atoms with Crippen LogP contribution in [0.5, 0.6) is 0 Å². The average Bonchev–Trinajstić information content (AvgIpc) is 3.66. The lowest BCUT2D eigenvalue weighted by Crippen LogP contribution is -2.60. The Labute approximate surface area is 285 Å². The van der Waals surface area contributed by atoms with Crippen molar-refractivity contribution < 1.29 is 28.7 Å². The van der Waals surface area contributed by atoms with E-state index in [0.717, 1.165) is 38.5 Å². The third-order valence-corrected chi connectivity index (χ3v) is 8.03. The highest BCUT2D eigenvalue weighted by Gasteiger charge is 2.36. The van der Waals surface area contributed by atoms with Crippen molar-refractivity contribution in [2.24, 2.45) is 0 Å². The second kappa shape index (κ2) is 14.7. The molecule has 11 heteroatoms. The van der Waals surface area contributed by atoms with Crippen molar-refractivity contribution in [2.45, 2.75) is 77.3 Å². The summed E-state index contributed by atoms with van der Waals surface area (Å²) in [6, 6.07) is 22.4. The van der Waals surface area contributed by atoms with Gasteiger partial charge in [0.05, 0.1) is 0 Å². The van der Waals surface area contributed by atoms with Gasteiger partial charge < -0.3 is 35.4 Å². The van der Waals surface area contributed by atoms with E-state index in [2.05, 4.69) is 25.9 Å². The van der Waals surface area contributed by atoms with Gasteiger partial charge in [-0.25, -0.2) is 9.59 Å². The molecule has 0 aliphatic rings. The molecule has 5 rings (SSSR count). The third-order valence-electron chi connectivity index (χ3n) is 8.03. The van der Waals surface area contributed by atoms with Gasteiger partial charge in [-0.1, -0.05) is 66.7 Å². The van der Waals surface area contributed by atoms with E-state index in [0.29, 0.717) is 0 Å². The summed E-state index contributed by atoms with van der Waals surface area (Å²) in [5.74, 6) is -1.82. The van der Waals surface area contributed by atoms with Gasteiger partial charge in [0.25, 0.3) is 0 Å². The summed E-state index contributed by atoms with van der Waals surface area (Å²) in [7, 11) is 0. The number of hydrogen-bond donors (Lipinski definition) is 5. The number of benzene rings is 3. The first kappa shape index (κ1) is 34.7. The van der Waals surface area contributed by atoms with Crippen molar-refractivity contribution in [2.75, 3.05) is 0 Å². The minimum atomic E-state index is -1.45. The molecule has 0 aliphatic carbocycles. The molecular weight excluding hydrogens is 622 g/mol. The largest absolute Gasteiger partial charge is 0.459 e. The number of fused-ring (bicyclic) bond motifs is 2. The van der Waals surface area contributed by atoms with E-state index in [1.54, 1.807) is 27.0 Å². The van der Waals surface area contributed by atoms with Crippen LogP contribution in [0.15, 0.2) is 91.3 Å². The Balaban J connectivity index is 1.41. The number of esters is 1. The zero-order valence-corrected chi connectivity index (χ0v) is 28.4. The summed E-state index contributed by atoms with van der Waals surface area (Å²) in [6.07, 6.45) is 3.07. The molecule has 2 heterocycles. The van der Waals surface area contributed by atoms with Crippen LogP contribution in [-0.4, -0.2) is 57.1 Å². The van der Waals surface area contributed by atoms with Crippen LogP contribution in [0.3, 0.4) is 0 Å². The fourth-order valence-electron chi connectivity index (χ4n) is 5.50. The van der Waals surface area contributed by atoms with E-state index in [-0.39, 0.29) is 19.4 Å². The molecule has 2 aromatic heterocycles. The van der Waals surface area contributed by atoms with Crippen LogP contribution in [-0.2, 0) is 43.3 Å². The van der Waals surface area contributed by atoms with Gasteiger partial charge in [0.2, 0.25) is 11.8 Å². The fraction of sp³-hybridized carbons (Fsp3) is 0.316. The quantitative estimate of drug-likeness (QED) is 0.112. The van der Waals surface area contributed by atoms with Crippen molar-refractivity contribution >= 4 is 45.7 Å². The van der Waals surface area contributed by atoms with Crippen LogP contribution in [0.25, 0.3) is 21.8 Å². The number of H-pyrrole nitrogens is 2. The van der Waals surface area contributed by atoms with Crippen LogP contribution in [0.4, 0.5) is 4.79 Å². The van der Waals surface area contributed by atoms with Gasteiger partial charge in [0, 0.05) is 47.0 Å².